The molecule has 2 atom stereocenters. The van der Waals surface area contributed by atoms with Crippen LogP contribution in [0.4, 0.5) is 5.69 Å². The quantitative estimate of drug-likeness (QED) is 0.896. The molecule has 2 N–H and O–H groups in total. The summed E-state index contributed by atoms with van der Waals surface area (Å²) in [6.07, 6.45) is 1.29. The first kappa shape index (κ1) is 14.8. The number of nitrogens with one attached hydrogen (secondary N) is 1. The number of benzene rings is 1. The van der Waals surface area contributed by atoms with Gasteiger partial charge in [-0.2, -0.15) is 0 Å². The molecule has 1 fully saturated rings. The molecule has 1 aliphatic heterocycles. The minimum Gasteiger partial charge on any atom is -0.478 e. The highest BCUT2D eigenvalue weighted by Crippen LogP contribution is 2.27. The fourth-order valence-corrected chi connectivity index (χ4v) is 2.55. The standard InChI is InChI=1S/C14H16ClNO4/c1-2-12-10(5-6-20-12)13(17)16-11-7-8(15)3-4-9(11)14(18)19/h3-4,7,10,12H,2,5-6H2,1H3,(H,16,17)(H,18,19). The molecule has 0 spiro atoms. The number of amides is 1. The first-order chi connectivity index (χ1) is 9.52. The maximum atomic E-state index is 12.2. The summed E-state index contributed by atoms with van der Waals surface area (Å²) >= 11 is 5.85. The van der Waals surface area contributed by atoms with E-state index in [2.05, 4.69) is 5.32 Å². The lowest BCUT2D eigenvalue weighted by atomic mass is 9.98. The summed E-state index contributed by atoms with van der Waals surface area (Å²) in [7, 11) is 0. The van der Waals surface area contributed by atoms with Gasteiger partial charge in [0.05, 0.1) is 23.3 Å². The van der Waals surface area contributed by atoms with E-state index in [1.165, 1.54) is 18.2 Å². The number of hydrogen-bond acceptors (Lipinski definition) is 3. The number of anilines is 1. The normalized spacial score (nSPS) is 21.7. The van der Waals surface area contributed by atoms with E-state index in [9.17, 15) is 9.59 Å². The number of carboxylic acids is 1. The van der Waals surface area contributed by atoms with Crippen LogP contribution < -0.4 is 5.32 Å². The molecule has 0 aliphatic carbocycles. The second kappa shape index (κ2) is 6.24. The van der Waals surface area contributed by atoms with Crippen LogP contribution in [0.25, 0.3) is 0 Å². The predicted octanol–water partition coefficient (Wildman–Crippen LogP) is 2.79. The number of hydrogen-bond donors (Lipinski definition) is 2. The van der Waals surface area contributed by atoms with Crippen LogP contribution in [-0.2, 0) is 9.53 Å². The molecule has 0 bridgehead atoms. The van der Waals surface area contributed by atoms with Crippen molar-refractivity contribution < 1.29 is 19.4 Å². The lowest BCUT2D eigenvalue weighted by Gasteiger charge is -2.17. The van der Waals surface area contributed by atoms with Crippen molar-refractivity contribution in [2.45, 2.75) is 25.9 Å². The van der Waals surface area contributed by atoms with Crippen molar-refractivity contribution >= 4 is 29.2 Å². The number of carbonyl (C=O) groups excluding carboxylic acids is 1. The van der Waals surface area contributed by atoms with Crippen LogP contribution in [-0.4, -0.2) is 29.7 Å². The number of halogens is 1. The zero-order valence-electron chi connectivity index (χ0n) is 11.1. The summed E-state index contributed by atoms with van der Waals surface area (Å²) in [6, 6.07) is 4.30. The molecule has 0 radical (unpaired) electrons. The van der Waals surface area contributed by atoms with Crippen molar-refractivity contribution in [1.29, 1.82) is 0 Å². The number of rotatable bonds is 4. The highest BCUT2D eigenvalue weighted by molar-refractivity contribution is 6.31. The Kier molecular flexibility index (Phi) is 4.62. The Morgan fingerprint density at radius 1 is 1.50 bits per heavy atom. The smallest absolute Gasteiger partial charge is 0.337 e. The van der Waals surface area contributed by atoms with Gasteiger partial charge in [0.25, 0.3) is 0 Å². The van der Waals surface area contributed by atoms with Gasteiger partial charge < -0.3 is 15.2 Å². The zero-order valence-corrected chi connectivity index (χ0v) is 11.8. The van der Waals surface area contributed by atoms with Crippen molar-refractivity contribution in [2.24, 2.45) is 5.92 Å². The largest absolute Gasteiger partial charge is 0.478 e. The third kappa shape index (κ3) is 3.11. The van der Waals surface area contributed by atoms with E-state index < -0.39 is 5.97 Å². The summed E-state index contributed by atoms with van der Waals surface area (Å²) in [5.74, 6) is -1.58. The molecule has 20 heavy (non-hydrogen) atoms. The molecule has 1 saturated heterocycles. The molecule has 0 aromatic heterocycles. The van der Waals surface area contributed by atoms with E-state index in [1.54, 1.807) is 0 Å². The Balaban J connectivity index is 2.19. The molecule has 0 saturated carbocycles. The number of carbonyl (C=O) groups is 2. The summed E-state index contributed by atoms with van der Waals surface area (Å²) in [5.41, 5.74) is 0.242. The van der Waals surface area contributed by atoms with E-state index in [-0.39, 0.29) is 29.2 Å². The monoisotopic (exact) mass is 297 g/mol. The number of carboxylic acid groups (broad SMARTS) is 1. The van der Waals surface area contributed by atoms with Gasteiger partial charge in [-0.3, -0.25) is 4.79 Å². The minimum atomic E-state index is -1.10. The average Bonchev–Trinajstić information content (AvgIpc) is 2.86. The van der Waals surface area contributed by atoms with Gasteiger partial charge in [-0.15, -0.1) is 0 Å². The number of aromatic carboxylic acids is 1. The predicted molar refractivity (Wildman–Crippen MR) is 75.2 cm³/mol. The van der Waals surface area contributed by atoms with Crippen LogP contribution in [0.2, 0.25) is 5.02 Å². The summed E-state index contributed by atoms with van der Waals surface area (Å²) < 4.78 is 5.47. The molecule has 1 aromatic rings. The molecule has 5 nitrogen and oxygen atoms in total. The van der Waals surface area contributed by atoms with Crippen molar-refractivity contribution in [3.05, 3.63) is 28.8 Å². The molecule has 1 aliphatic rings. The molecular weight excluding hydrogens is 282 g/mol. The lowest BCUT2D eigenvalue weighted by Crippen LogP contribution is -2.29. The molecule has 6 heteroatoms. The van der Waals surface area contributed by atoms with Crippen molar-refractivity contribution in [3.63, 3.8) is 0 Å². The Bertz CT molecular complexity index is 532. The van der Waals surface area contributed by atoms with Crippen LogP contribution in [0.3, 0.4) is 0 Å². The summed E-state index contributed by atoms with van der Waals surface area (Å²) in [6.45, 7) is 2.51. The van der Waals surface area contributed by atoms with E-state index in [0.717, 1.165) is 6.42 Å². The molecule has 1 heterocycles. The molecule has 1 aromatic carbocycles. The van der Waals surface area contributed by atoms with Crippen molar-refractivity contribution in [2.75, 3.05) is 11.9 Å². The van der Waals surface area contributed by atoms with Gasteiger partial charge in [0, 0.05) is 11.6 Å². The van der Waals surface area contributed by atoms with Crippen LogP contribution in [0.15, 0.2) is 18.2 Å². The number of ether oxygens (including phenoxy) is 1. The fraction of sp³-hybridized carbons (Fsp3) is 0.429. The second-order valence-corrected chi connectivity index (χ2v) is 5.13. The Morgan fingerprint density at radius 3 is 2.90 bits per heavy atom. The van der Waals surface area contributed by atoms with Crippen LogP contribution in [0.1, 0.15) is 30.1 Å². The SMILES string of the molecule is CCC1OCCC1C(=O)Nc1cc(Cl)ccc1C(=O)O. The minimum absolute atomic E-state index is 0.0229. The van der Waals surface area contributed by atoms with Crippen molar-refractivity contribution in [3.8, 4) is 0 Å². The van der Waals surface area contributed by atoms with E-state index in [1.807, 2.05) is 6.92 Å². The van der Waals surface area contributed by atoms with Crippen LogP contribution >= 0.6 is 11.6 Å². The summed E-state index contributed by atoms with van der Waals surface area (Å²) in [5, 5.41) is 12.1. The molecule has 2 unspecified atom stereocenters. The highest BCUT2D eigenvalue weighted by atomic mass is 35.5. The van der Waals surface area contributed by atoms with Gasteiger partial charge in [-0.25, -0.2) is 4.79 Å². The molecular formula is C14H16ClNO4. The van der Waals surface area contributed by atoms with E-state index in [4.69, 9.17) is 21.4 Å². The van der Waals surface area contributed by atoms with Gasteiger partial charge in [0.2, 0.25) is 5.91 Å². The first-order valence-electron chi connectivity index (χ1n) is 6.48. The third-order valence-corrected chi connectivity index (χ3v) is 3.65. The fourth-order valence-electron chi connectivity index (χ4n) is 2.38. The first-order valence-corrected chi connectivity index (χ1v) is 6.86. The Morgan fingerprint density at radius 2 is 2.25 bits per heavy atom. The van der Waals surface area contributed by atoms with E-state index >= 15 is 0 Å². The molecule has 2 rings (SSSR count). The summed E-state index contributed by atoms with van der Waals surface area (Å²) in [4.78, 5) is 23.4. The van der Waals surface area contributed by atoms with Gasteiger partial charge in [0.15, 0.2) is 0 Å². The second-order valence-electron chi connectivity index (χ2n) is 4.70. The van der Waals surface area contributed by atoms with Gasteiger partial charge in [-0.1, -0.05) is 18.5 Å². The average molecular weight is 298 g/mol. The van der Waals surface area contributed by atoms with Gasteiger partial charge in [-0.05, 0) is 31.0 Å². The van der Waals surface area contributed by atoms with Gasteiger partial charge >= 0.3 is 5.97 Å². The van der Waals surface area contributed by atoms with Crippen LogP contribution in [0.5, 0.6) is 0 Å². The van der Waals surface area contributed by atoms with E-state index in [0.29, 0.717) is 18.1 Å². The van der Waals surface area contributed by atoms with Gasteiger partial charge in [0.1, 0.15) is 0 Å². The lowest BCUT2D eigenvalue weighted by molar-refractivity contribution is -0.121. The third-order valence-electron chi connectivity index (χ3n) is 3.42. The maximum Gasteiger partial charge on any atom is 0.337 e. The van der Waals surface area contributed by atoms with Crippen LogP contribution in [0, 0.1) is 5.92 Å². The van der Waals surface area contributed by atoms with Crippen molar-refractivity contribution in [1.82, 2.24) is 0 Å². The highest BCUT2D eigenvalue weighted by Gasteiger charge is 2.33. The maximum absolute atomic E-state index is 12.2. The topological polar surface area (TPSA) is 75.6 Å². The Hall–Kier alpha value is -1.59. The Labute approximate surface area is 121 Å². The molecule has 1 amide bonds. The zero-order chi connectivity index (χ0) is 14.7. The molecule has 108 valence electrons.